The molecule has 8 aromatic rings. The van der Waals surface area contributed by atoms with Crippen molar-refractivity contribution in [1.82, 2.24) is 58.2 Å². The van der Waals surface area contributed by atoms with Gasteiger partial charge in [0.1, 0.15) is 0 Å². The van der Waals surface area contributed by atoms with Crippen molar-refractivity contribution in [2.24, 2.45) is 18.0 Å². The zero-order valence-electron chi connectivity index (χ0n) is 53.8. The Kier molecular flexibility index (Phi) is 35.7. The van der Waals surface area contributed by atoms with Gasteiger partial charge in [0, 0.05) is 96.0 Å². The van der Waals surface area contributed by atoms with E-state index in [0.717, 1.165) is 23.5 Å². The van der Waals surface area contributed by atoms with Crippen LogP contribution in [-0.2, 0) is 20.3 Å². The van der Waals surface area contributed by atoms with Gasteiger partial charge in [0.2, 0.25) is 5.69 Å². The molecule has 16 nitrogen and oxygen atoms in total. The van der Waals surface area contributed by atoms with Crippen LogP contribution in [0.2, 0.25) is 0 Å². The van der Waals surface area contributed by atoms with E-state index < -0.39 is 0 Å². The molecule has 452 valence electrons. The highest BCUT2D eigenvalue weighted by molar-refractivity contribution is 7.10. The Morgan fingerprint density at radius 3 is 1.40 bits per heavy atom. The van der Waals surface area contributed by atoms with Gasteiger partial charge in [0.15, 0.2) is 0 Å². The summed E-state index contributed by atoms with van der Waals surface area (Å²) < 4.78 is 11.4. The predicted molar refractivity (Wildman–Crippen MR) is 346 cm³/mol. The molecule has 0 fully saturated rings. The third kappa shape index (κ3) is 30.5. The van der Waals surface area contributed by atoms with Crippen LogP contribution >= 0.6 is 22.7 Å². The van der Waals surface area contributed by atoms with Crippen LogP contribution in [0.3, 0.4) is 0 Å². The highest BCUT2D eigenvalue weighted by Gasteiger charge is 2.04. The van der Waals surface area contributed by atoms with Gasteiger partial charge in [-0.15, -0.1) is 22.7 Å². The minimum absolute atomic E-state index is 0.0275. The first-order chi connectivity index (χ1) is 38.6. The molecule has 8 aromatic heterocycles. The first-order valence-corrected chi connectivity index (χ1v) is 30.3. The number of allylic oxidation sites excluding steroid dienone is 1. The van der Waals surface area contributed by atoms with Gasteiger partial charge in [-0.05, 0) is 159 Å². The molecule has 0 atom stereocenters. The number of nitrogens with zero attached hydrogens (tertiary/aromatic N) is 14. The summed E-state index contributed by atoms with van der Waals surface area (Å²) in [6.07, 6.45) is 26.4. The van der Waals surface area contributed by atoms with Crippen molar-refractivity contribution in [2.45, 2.75) is 207 Å². The second-order valence-corrected chi connectivity index (χ2v) is 24.4. The fourth-order valence-corrected chi connectivity index (χ4v) is 8.12. The summed E-state index contributed by atoms with van der Waals surface area (Å²) in [4.78, 5) is 18.3. The summed E-state index contributed by atoms with van der Waals surface area (Å²) in [6, 6.07) is 8.69. The second kappa shape index (κ2) is 39.8. The zero-order chi connectivity index (χ0) is 62.1. The number of aliphatic imine (C=N–C) groups is 1. The predicted octanol–water partition coefficient (Wildman–Crippen LogP) is 16.7. The maximum Gasteiger partial charge on any atom is 0.224 e. The number of hydrogen-bond donors (Lipinski definition) is 2. The molecule has 0 radical (unpaired) electrons. The third-order valence-corrected chi connectivity index (χ3v) is 14.3. The molecule has 0 aliphatic carbocycles. The van der Waals surface area contributed by atoms with Crippen molar-refractivity contribution in [3.8, 4) is 0 Å². The van der Waals surface area contributed by atoms with Crippen LogP contribution in [-0.4, -0.2) is 81.2 Å². The third-order valence-electron chi connectivity index (χ3n) is 11.8. The number of hydrogen-bond acceptors (Lipinski definition) is 11. The molecular formula is C64H102N14O2S2. The van der Waals surface area contributed by atoms with Gasteiger partial charge >= 0.3 is 0 Å². The molecule has 9 rings (SSSR count). The molecule has 0 amide bonds. The van der Waals surface area contributed by atoms with Crippen LogP contribution in [0, 0.1) is 33.3 Å². The van der Waals surface area contributed by atoms with Crippen molar-refractivity contribution in [3.63, 3.8) is 0 Å². The quantitative estimate of drug-likeness (QED) is 0.121. The van der Waals surface area contributed by atoms with E-state index in [2.05, 4.69) is 184 Å². The molecule has 0 saturated heterocycles. The molecule has 18 heteroatoms. The van der Waals surface area contributed by atoms with E-state index in [1.165, 1.54) is 32.0 Å². The zero-order valence-corrected chi connectivity index (χ0v) is 55.4. The summed E-state index contributed by atoms with van der Waals surface area (Å²) in [7, 11) is 1.94. The number of thiophene rings is 2. The molecule has 1 aliphatic heterocycles. The SMILES string of the molecule is CC(C)C1=CCN=C1.CC(C)c1cccs1.CC(C)c1cnn(C)c1.CC(C)n1cc(CO)cn1.CC(C)n1cnc(CO)c1.Cc1cn(C(C)C)cn1.Cc1cnn(C(C)C)c1.Cc1csc(C(C)C)c1.[C-]#[N+]c1cnn(C(C)C)c1. The van der Waals surface area contributed by atoms with E-state index in [4.69, 9.17) is 16.8 Å². The summed E-state index contributed by atoms with van der Waals surface area (Å²) >= 11 is 3.69. The van der Waals surface area contributed by atoms with E-state index >= 15 is 0 Å². The molecule has 0 bridgehead atoms. The van der Waals surface area contributed by atoms with Crippen LogP contribution in [0.4, 0.5) is 5.69 Å². The lowest BCUT2D eigenvalue weighted by Gasteiger charge is -2.03. The minimum Gasteiger partial charge on any atom is -0.392 e. The molecular weight excluding hydrogens is 1060 g/mol. The molecule has 0 aromatic carbocycles. The van der Waals surface area contributed by atoms with Crippen molar-refractivity contribution < 1.29 is 10.2 Å². The van der Waals surface area contributed by atoms with Gasteiger partial charge < -0.3 is 19.3 Å². The average Bonchev–Trinajstić information content (AvgIpc) is 4.28. The van der Waals surface area contributed by atoms with E-state index in [-0.39, 0.29) is 13.2 Å². The van der Waals surface area contributed by atoms with Crippen molar-refractivity contribution in [1.29, 1.82) is 0 Å². The summed E-state index contributed by atoms with van der Waals surface area (Å²) in [5, 5.41) is 37.9. The van der Waals surface area contributed by atoms with Gasteiger partial charge in [-0.2, -0.15) is 20.4 Å². The van der Waals surface area contributed by atoms with Crippen molar-refractivity contribution in [2.75, 3.05) is 6.54 Å². The monoisotopic (exact) mass is 1160 g/mol. The smallest absolute Gasteiger partial charge is 0.224 e. The van der Waals surface area contributed by atoms with Gasteiger partial charge in [-0.3, -0.25) is 23.7 Å². The van der Waals surface area contributed by atoms with Gasteiger partial charge in [-0.1, -0.05) is 67.5 Å². The Morgan fingerprint density at radius 2 is 1.15 bits per heavy atom. The van der Waals surface area contributed by atoms with Gasteiger partial charge in [0.25, 0.3) is 0 Å². The van der Waals surface area contributed by atoms with E-state index in [0.29, 0.717) is 59.6 Å². The van der Waals surface area contributed by atoms with Crippen molar-refractivity contribution >= 4 is 34.6 Å². The molecule has 0 spiro atoms. The fourth-order valence-electron chi connectivity index (χ4n) is 6.46. The minimum atomic E-state index is 0.0275. The Bertz CT molecular complexity index is 2730. The maximum absolute atomic E-state index is 8.68. The lowest BCUT2D eigenvalue weighted by molar-refractivity contribution is 0.277. The highest BCUT2D eigenvalue weighted by atomic mass is 32.1. The van der Waals surface area contributed by atoms with E-state index in [1.807, 2.05) is 146 Å². The number of aromatic nitrogens is 12. The number of aliphatic hydroxyl groups is 2. The van der Waals surface area contributed by atoms with Crippen LogP contribution in [0.1, 0.15) is 216 Å². The highest BCUT2D eigenvalue weighted by Crippen LogP contribution is 2.22. The maximum atomic E-state index is 8.68. The van der Waals surface area contributed by atoms with Crippen molar-refractivity contribution in [3.05, 3.63) is 170 Å². The van der Waals surface area contributed by atoms with E-state index in [1.54, 1.807) is 29.6 Å². The molecule has 0 unspecified atom stereocenters. The largest absolute Gasteiger partial charge is 0.392 e. The van der Waals surface area contributed by atoms with Gasteiger partial charge in [-0.25, -0.2) is 14.8 Å². The van der Waals surface area contributed by atoms with Crippen LogP contribution in [0.15, 0.2) is 120 Å². The number of aliphatic hydroxyl groups excluding tert-OH is 2. The molecule has 9 heterocycles. The Balaban J connectivity index is 0.000000462. The van der Waals surface area contributed by atoms with Crippen LogP contribution in [0.25, 0.3) is 4.85 Å². The molecule has 1 aliphatic rings. The number of rotatable bonds is 11. The molecule has 0 saturated carbocycles. The second-order valence-electron chi connectivity index (χ2n) is 22.5. The summed E-state index contributed by atoms with van der Waals surface area (Å²) in [5.41, 5.74) is 8.59. The van der Waals surface area contributed by atoms with Crippen LogP contribution < -0.4 is 0 Å². The van der Waals surface area contributed by atoms with Crippen LogP contribution in [0.5, 0.6) is 0 Å². The first kappa shape index (κ1) is 73.5. The normalized spacial score (nSPS) is 11.2. The summed E-state index contributed by atoms with van der Waals surface area (Å²) in [6.45, 7) is 52.3. The van der Waals surface area contributed by atoms with Gasteiger partial charge in [0.05, 0.1) is 75.2 Å². The average molecular weight is 1160 g/mol. The topological polar surface area (TPSA) is 164 Å². The standard InChI is InChI=1S/C8H12S.C7H9N3.2C7H12N2O.3C7H12N2.C7H11N.C7H10S/c1-6(2)8-4-7(3)5-9-8;1-6(2)10-5-7(8-3)4-9-10;1-6(2)9-3-7(4-10)8-5-9;1-6(2)9-4-7(5-10)3-8-9;1-6(2)7-4-8-9(3)5-7;1-6(2)9-4-7(3)8-5-9;1-6(2)9-5-7(3)4-8-9;1-6(2)7-3-4-8-5-7;1-6(2)7-4-3-5-8-7/h4-6H,1-3H3;4-6H,1-2H3;3,5-6,10H,4H2,1-2H3;3-4,6,10H,5H2,1-2H3;3*4-6H,1-3H3;3,5-6H,4H2,1-2H3;3-6H,1-2H3. The molecule has 82 heavy (non-hydrogen) atoms. The van der Waals surface area contributed by atoms with E-state index in [9.17, 15) is 0 Å². The summed E-state index contributed by atoms with van der Waals surface area (Å²) in [5.74, 6) is 2.65. The Labute approximate surface area is 501 Å². The lowest BCUT2D eigenvalue weighted by atomic mass is 10.1. The Morgan fingerprint density at radius 1 is 0.573 bits per heavy atom. The number of imidazole rings is 2. The number of aryl methyl sites for hydroxylation is 4. The first-order valence-electron chi connectivity index (χ1n) is 28.6. The fraction of sp³-hybridized carbons (Fsp3) is 0.531. The lowest BCUT2D eigenvalue weighted by Crippen LogP contribution is -1.99. The molecule has 2 N–H and O–H groups in total. The Hall–Kier alpha value is -6.52.